The van der Waals surface area contributed by atoms with Crippen LogP contribution in [0.25, 0.3) is 0 Å². The minimum Gasteiger partial charge on any atom is -0.451 e. The second-order valence-corrected chi connectivity index (χ2v) is 4.38. The fourth-order valence-electron chi connectivity index (χ4n) is 1.58. The molecule has 0 saturated carbocycles. The topological polar surface area (TPSA) is 26.3 Å². The van der Waals surface area contributed by atoms with E-state index in [9.17, 15) is 13.6 Å². The molecule has 5 heteroatoms. The lowest BCUT2D eigenvalue weighted by atomic mass is 10.2. The normalized spacial score (nSPS) is 10.3. The Morgan fingerprint density at radius 1 is 1.16 bits per heavy atom. The Kier molecular flexibility index (Phi) is 3.81. The maximum absolute atomic E-state index is 13.6. The Labute approximate surface area is 113 Å². The number of halogens is 3. The van der Waals surface area contributed by atoms with Gasteiger partial charge >= 0.3 is 0 Å². The van der Waals surface area contributed by atoms with E-state index in [1.165, 1.54) is 6.07 Å². The number of carbonyl (C=O) groups excluding carboxylic acids is 1. The van der Waals surface area contributed by atoms with Crippen molar-refractivity contribution in [2.45, 2.75) is 6.92 Å². The summed E-state index contributed by atoms with van der Waals surface area (Å²) < 4.78 is 32.5. The van der Waals surface area contributed by atoms with Crippen LogP contribution >= 0.6 is 11.6 Å². The predicted octanol–water partition coefficient (Wildman–Crippen LogP) is 4.53. The number of hydrogen-bond donors (Lipinski definition) is 0. The molecule has 0 atom stereocenters. The molecular formula is C14H9ClF2O2. The van der Waals surface area contributed by atoms with Crippen LogP contribution in [0.3, 0.4) is 0 Å². The van der Waals surface area contributed by atoms with E-state index in [1.807, 2.05) is 0 Å². The van der Waals surface area contributed by atoms with Gasteiger partial charge in [-0.05, 0) is 42.8 Å². The van der Waals surface area contributed by atoms with Crippen molar-refractivity contribution in [3.8, 4) is 11.5 Å². The van der Waals surface area contributed by atoms with Crippen molar-refractivity contribution in [3.63, 3.8) is 0 Å². The monoisotopic (exact) mass is 282 g/mol. The highest BCUT2D eigenvalue weighted by Crippen LogP contribution is 2.31. The van der Waals surface area contributed by atoms with Crippen molar-refractivity contribution < 1.29 is 18.3 Å². The first-order valence-corrected chi connectivity index (χ1v) is 5.77. The van der Waals surface area contributed by atoms with Crippen molar-refractivity contribution in [3.05, 3.63) is 58.1 Å². The molecule has 0 aliphatic rings. The zero-order valence-corrected chi connectivity index (χ0v) is 10.7. The summed E-state index contributed by atoms with van der Waals surface area (Å²) in [4.78, 5) is 10.5. The highest BCUT2D eigenvalue weighted by molar-refractivity contribution is 6.30. The van der Waals surface area contributed by atoms with E-state index in [2.05, 4.69) is 0 Å². The molecule has 0 spiro atoms. The van der Waals surface area contributed by atoms with Gasteiger partial charge in [0, 0.05) is 10.6 Å². The van der Waals surface area contributed by atoms with Crippen LogP contribution in [0, 0.1) is 18.6 Å². The zero-order valence-electron chi connectivity index (χ0n) is 9.91. The van der Waals surface area contributed by atoms with Gasteiger partial charge in [-0.15, -0.1) is 0 Å². The molecular weight excluding hydrogens is 274 g/mol. The van der Waals surface area contributed by atoms with Gasteiger partial charge in [0.1, 0.15) is 12.0 Å². The third-order valence-corrected chi connectivity index (χ3v) is 2.74. The van der Waals surface area contributed by atoms with Gasteiger partial charge in [-0.2, -0.15) is 0 Å². The fourth-order valence-corrected chi connectivity index (χ4v) is 1.81. The van der Waals surface area contributed by atoms with Gasteiger partial charge in [0.05, 0.1) is 0 Å². The largest absolute Gasteiger partial charge is 0.451 e. The molecule has 0 fully saturated rings. The maximum atomic E-state index is 13.6. The Hall–Kier alpha value is -1.94. The summed E-state index contributed by atoms with van der Waals surface area (Å²) in [6.07, 6.45) is 0.365. The van der Waals surface area contributed by atoms with Crippen LogP contribution in [-0.4, -0.2) is 6.29 Å². The average Bonchev–Trinajstić information content (AvgIpc) is 2.35. The van der Waals surface area contributed by atoms with Gasteiger partial charge in [0.25, 0.3) is 0 Å². The molecule has 2 rings (SSSR count). The number of rotatable bonds is 3. The average molecular weight is 283 g/mol. The number of carbonyl (C=O) groups is 1. The molecule has 0 amide bonds. The van der Waals surface area contributed by atoms with E-state index < -0.39 is 17.4 Å². The third kappa shape index (κ3) is 2.90. The number of benzene rings is 2. The summed E-state index contributed by atoms with van der Waals surface area (Å²) in [6, 6.07) is 6.52. The third-order valence-electron chi connectivity index (χ3n) is 2.51. The Morgan fingerprint density at radius 2 is 1.79 bits per heavy atom. The second-order valence-electron chi connectivity index (χ2n) is 3.94. The molecule has 2 aromatic carbocycles. The quantitative estimate of drug-likeness (QED) is 0.773. The van der Waals surface area contributed by atoms with E-state index in [1.54, 1.807) is 19.1 Å². The first-order valence-electron chi connectivity index (χ1n) is 5.39. The molecule has 0 aliphatic heterocycles. The van der Waals surface area contributed by atoms with Crippen molar-refractivity contribution in [2.24, 2.45) is 0 Å². The van der Waals surface area contributed by atoms with E-state index in [-0.39, 0.29) is 5.56 Å². The van der Waals surface area contributed by atoms with Gasteiger partial charge in [0.15, 0.2) is 17.4 Å². The summed E-state index contributed by atoms with van der Waals surface area (Å²) >= 11 is 5.78. The summed E-state index contributed by atoms with van der Waals surface area (Å²) in [5, 5.41) is 0.502. The number of aryl methyl sites for hydroxylation is 1. The second kappa shape index (κ2) is 5.36. The molecule has 2 aromatic rings. The Balaban J connectivity index is 2.41. The summed E-state index contributed by atoms with van der Waals surface area (Å²) in [5.74, 6) is -2.12. The molecule has 0 N–H and O–H groups in total. The highest BCUT2D eigenvalue weighted by atomic mass is 35.5. The molecule has 0 radical (unpaired) electrons. The predicted molar refractivity (Wildman–Crippen MR) is 68.0 cm³/mol. The first kappa shape index (κ1) is 13.5. The standard InChI is InChI=1S/C14H9ClF2O2/c1-8-4-10(15)2-3-13(8)19-14-11(16)5-9(7-18)6-12(14)17/h2-7H,1H3. The minimum atomic E-state index is -0.934. The van der Waals surface area contributed by atoms with Gasteiger partial charge in [0.2, 0.25) is 0 Å². The van der Waals surface area contributed by atoms with E-state index in [4.69, 9.17) is 16.3 Å². The molecule has 98 valence electrons. The van der Waals surface area contributed by atoms with Crippen LogP contribution in [0.4, 0.5) is 8.78 Å². The van der Waals surface area contributed by atoms with Crippen molar-refractivity contribution in [1.29, 1.82) is 0 Å². The lowest BCUT2D eigenvalue weighted by molar-refractivity contribution is 0.112. The minimum absolute atomic E-state index is 0.0878. The van der Waals surface area contributed by atoms with E-state index >= 15 is 0 Å². The van der Waals surface area contributed by atoms with Gasteiger partial charge < -0.3 is 4.74 Å². The fraction of sp³-hybridized carbons (Fsp3) is 0.0714. The van der Waals surface area contributed by atoms with Crippen LogP contribution in [0.15, 0.2) is 30.3 Å². The lowest BCUT2D eigenvalue weighted by Crippen LogP contribution is -1.96. The van der Waals surface area contributed by atoms with Crippen molar-refractivity contribution >= 4 is 17.9 Å². The molecule has 2 nitrogen and oxygen atoms in total. The molecule has 0 aromatic heterocycles. The van der Waals surface area contributed by atoms with Crippen LogP contribution in [0.2, 0.25) is 5.02 Å². The molecule has 0 bridgehead atoms. The van der Waals surface area contributed by atoms with Gasteiger partial charge in [-0.25, -0.2) is 8.78 Å². The van der Waals surface area contributed by atoms with E-state index in [0.29, 0.717) is 22.6 Å². The maximum Gasteiger partial charge on any atom is 0.198 e. The first-order chi connectivity index (χ1) is 9.01. The van der Waals surface area contributed by atoms with Crippen LogP contribution in [0.1, 0.15) is 15.9 Å². The highest BCUT2D eigenvalue weighted by Gasteiger charge is 2.14. The number of aldehydes is 1. The molecule has 19 heavy (non-hydrogen) atoms. The Morgan fingerprint density at radius 3 is 2.32 bits per heavy atom. The summed E-state index contributed by atoms with van der Waals surface area (Å²) in [6.45, 7) is 1.71. The van der Waals surface area contributed by atoms with Gasteiger partial charge in [-0.1, -0.05) is 11.6 Å². The lowest BCUT2D eigenvalue weighted by Gasteiger charge is -2.10. The molecule has 0 aliphatic carbocycles. The summed E-state index contributed by atoms with van der Waals surface area (Å²) in [5.41, 5.74) is 0.556. The van der Waals surface area contributed by atoms with Crippen LogP contribution in [0.5, 0.6) is 11.5 Å². The smallest absolute Gasteiger partial charge is 0.198 e. The van der Waals surface area contributed by atoms with Crippen LogP contribution < -0.4 is 4.74 Å². The SMILES string of the molecule is Cc1cc(Cl)ccc1Oc1c(F)cc(C=O)cc1F. The number of ether oxygens (including phenoxy) is 1. The zero-order chi connectivity index (χ0) is 14.0. The van der Waals surface area contributed by atoms with Crippen molar-refractivity contribution in [1.82, 2.24) is 0 Å². The molecule has 0 heterocycles. The van der Waals surface area contributed by atoms with Gasteiger partial charge in [-0.3, -0.25) is 4.79 Å². The summed E-state index contributed by atoms with van der Waals surface area (Å²) in [7, 11) is 0. The molecule has 0 saturated heterocycles. The van der Waals surface area contributed by atoms with E-state index in [0.717, 1.165) is 12.1 Å². The Bertz CT molecular complexity index is 618. The van der Waals surface area contributed by atoms with Crippen molar-refractivity contribution in [2.75, 3.05) is 0 Å². The van der Waals surface area contributed by atoms with Crippen LogP contribution in [-0.2, 0) is 0 Å². The number of hydrogen-bond acceptors (Lipinski definition) is 2. The molecule has 0 unspecified atom stereocenters.